The Kier molecular flexibility index (Phi) is 4.33. The molecule has 1 N–H and O–H groups in total. The van der Waals surface area contributed by atoms with Crippen molar-refractivity contribution in [2.45, 2.75) is 51.4 Å². The number of nitrogens with one attached hydrogen (secondary N) is 1. The van der Waals surface area contributed by atoms with Gasteiger partial charge in [0.2, 0.25) is 0 Å². The minimum absolute atomic E-state index is 0.0875. The summed E-state index contributed by atoms with van der Waals surface area (Å²) in [5.41, 5.74) is -1.61. The first-order valence-electron chi connectivity index (χ1n) is 10.1. The summed E-state index contributed by atoms with van der Waals surface area (Å²) in [6.45, 7) is 0.542. The molecule has 0 unspecified atom stereocenters. The SMILES string of the molecule is O=C(NCC12CC3CC(CC(C3)C1)C2)c1cc2nc(C(F)F)cc(C(F)F)n2n1. The predicted octanol–water partition coefficient (Wildman–Crippen LogP) is 4.55. The number of aromatic nitrogens is 3. The fourth-order valence-electron chi connectivity index (χ4n) is 6.26. The first-order chi connectivity index (χ1) is 13.8. The number of carbonyl (C=O) groups excluding carboxylic acids is 1. The molecular formula is C20H22F4N4O. The minimum Gasteiger partial charge on any atom is -0.350 e. The van der Waals surface area contributed by atoms with Gasteiger partial charge in [-0.05, 0) is 67.8 Å². The summed E-state index contributed by atoms with van der Waals surface area (Å²) in [6.07, 6.45) is 1.27. The van der Waals surface area contributed by atoms with Crippen molar-refractivity contribution < 1.29 is 22.4 Å². The van der Waals surface area contributed by atoms with E-state index in [2.05, 4.69) is 15.4 Å². The van der Waals surface area contributed by atoms with Gasteiger partial charge in [0, 0.05) is 12.6 Å². The average molecular weight is 410 g/mol. The molecule has 1 amide bonds. The Morgan fingerprint density at radius 2 is 1.69 bits per heavy atom. The molecule has 6 rings (SSSR count). The lowest BCUT2D eigenvalue weighted by molar-refractivity contribution is -0.0503. The molecule has 156 valence electrons. The molecule has 4 fully saturated rings. The molecule has 0 aromatic carbocycles. The Labute approximate surface area is 164 Å². The molecule has 9 heteroatoms. The van der Waals surface area contributed by atoms with Crippen molar-refractivity contribution in [2.24, 2.45) is 23.2 Å². The van der Waals surface area contributed by atoms with E-state index in [1.54, 1.807) is 0 Å². The van der Waals surface area contributed by atoms with Crippen LogP contribution in [0.5, 0.6) is 0 Å². The van der Waals surface area contributed by atoms with Gasteiger partial charge in [0.1, 0.15) is 11.4 Å². The molecule has 2 aromatic rings. The maximum Gasteiger partial charge on any atom is 0.280 e. The van der Waals surface area contributed by atoms with Gasteiger partial charge in [-0.2, -0.15) is 5.10 Å². The van der Waals surface area contributed by atoms with Gasteiger partial charge in [0.05, 0.1) is 0 Å². The number of hydrogen-bond donors (Lipinski definition) is 1. The number of amides is 1. The zero-order valence-corrected chi connectivity index (χ0v) is 15.8. The molecule has 4 aliphatic rings. The third-order valence-electron chi connectivity index (χ3n) is 6.94. The molecule has 2 heterocycles. The van der Waals surface area contributed by atoms with Gasteiger partial charge in [-0.15, -0.1) is 0 Å². The first-order valence-corrected chi connectivity index (χ1v) is 10.1. The van der Waals surface area contributed by atoms with Gasteiger partial charge in [0.25, 0.3) is 18.8 Å². The third kappa shape index (κ3) is 3.28. The fraction of sp³-hybridized carbons (Fsp3) is 0.650. The van der Waals surface area contributed by atoms with Crippen LogP contribution in [0.1, 0.15) is 73.3 Å². The van der Waals surface area contributed by atoms with Crippen LogP contribution in [0.3, 0.4) is 0 Å². The lowest BCUT2D eigenvalue weighted by Gasteiger charge is -2.56. The number of hydrogen-bond acceptors (Lipinski definition) is 3. The number of rotatable bonds is 5. The predicted molar refractivity (Wildman–Crippen MR) is 95.8 cm³/mol. The van der Waals surface area contributed by atoms with Crippen LogP contribution in [-0.2, 0) is 0 Å². The van der Waals surface area contributed by atoms with Crippen LogP contribution >= 0.6 is 0 Å². The van der Waals surface area contributed by atoms with Crippen molar-refractivity contribution in [1.29, 1.82) is 0 Å². The Balaban J connectivity index is 1.37. The molecule has 0 aliphatic heterocycles. The molecule has 29 heavy (non-hydrogen) atoms. The zero-order valence-electron chi connectivity index (χ0n) is 15.8. The highest BCUT2D eigenvalue weighted by Crippen LogP contribution is 2.59. The van der Waals surface area contributed by atoms with Crippen molar-refractivity contribution in [3.8, 4) is 0 Å². The zero-order chi connectivity index (χ0) is 20.3. The summed E-state index contributed by atoms with van der Waals surface area (Å²) in [7, 11) is 0. The van der Waals surface area contributed by atoms with E-state index in [0.29, 0.717) is 12.6 Å². The van der Waals surface area contributed by atoms with E-state index >= 15 is 0 Å². The second-order valence-corrected chi connectivity index (χ2v) is 9.11. The summed E-state index contributed by atoms with van der Waals surface area (Å²) in [5.74, 6) is 1.77. The summed E-state index contributed by atoms with van der Waals surface area (Å²) in [6, 6.07) is 1.82. The number of fused-ring (bicyclic) bond motifs is 1. The lowest BCUT2D eigenvalue weighted by atomic mass is 9.49. The van der Waals surface area contributed by atoms with Crippen molar-refractivity contribution >= 4 is 11.6 Å². The van der Waals surface area contributed by atoms with Crippen LogP contribution in [0.2, 0.25) is 0 Å². The molecule has 0 saturated heterocycles. The fourth-order valence-corrected chi connectivity index (χ4v) is 6.26. The van der Waals surface area contributed by atoms with Crippen LogP contribution in [0.4, 0.5) is 17.6 Å². The minimum atomic E-state index is -3.01. The average Bonchev–Trinajstić information content (AvgIpc) is 3.08. The van der Waals surface area contributed by atoms with Crippen LogP contribution in [0, 0.1) is 23.2 Å². The summed E-state index contributed by atoms with van der Waals surface area (Å²) in [4.78, 5) is 16.3. The van der Waals surface area contributed by atoms with E-state index in [4.69, 9.17) is 0 Å². The molecule has 4 saturated carbocycles. The molecule has 0 radical (unpaired) electrons. The van der Waals surface area contributed by atoms with Crippen molar-refractivity contribution in [2.75, 3.05) is 6.54 Å². The van der Waals surface area contributed by atoms with Crippen LogP contribution in [0.25, 0.3) is 5.65 Å². The smallest absolute Gasteiger partial charge is 0.280 e. The maximum atomic E-state index is 13.3. The monoisotopic (exact) mass is 410 g/mol. The highest BCUT2D eigenvalue weighted by molar-refractivity contribution is 5.93. The molecule has 5 nitrogen and oxygen atoms in total. The summed E-state index contributed by atoms with van der Waals surface area (Å²) >= 11 is 0. The second-order valence-electron chi connectivity index (χ2n) is 9.11. The van der Waals surface area contributed by atoms with Crippen molar-refractivity contribution in [1.82, 2.24) is 19.9 Å². The Morgan fingerprint density at radius 3 is 2.24 bits per heavy atom. The Bertz CT molecular complexity index is 922. The van der Waals surface area contributed by atoms with E-state index in [0.717, 1.165) is 41.5 Å². The quantitative estimate of drug-likeness (QED) is 0.736. The van der Waals surface area contributed by atoms with Gasteiger partial charge < -0.3 is 5.32 Å². The van der Waals surface area contributed by atoms with Crippen molar-refractivity contribution in [3.63, 3.8) is 0 Å². The van der Waals surface area contributed by atoms with Crippen LogP contribution in [-0.4, -0.2) is 27.0 Å². The molecule has 0 spiro atoms. The summed E-state index contributed by atoms with van der Waals surface area (Å²) in [5, 5.41) is 6.84. The van der Waals surface area contributed by atoms with Crippen LogP contribution in [0.15, 0.2) is 12.1 Å². The molecule has 2 aromatic heterocycles. The van der Waals surface area contributed by atoms with Gasteiger partial charge in [-0.1, -0.05) is 0 Å². The number of alkyl halides is 4. The Hall–Kier alpha value is -2.19. The normalized spacial score (nSPS) is 30.6. The first kappa shape index (κ1) is 18.8. The number of nitrogens with zero attached hydrogens (tertiary/aromatic N) is 3. The lowest BCUT2D eigenvalue weighted by Crippen LogP contribution is -2.51. The van der Waals surface area contributed by atoms with Gasteiger partial charge in [-0.25, -0.2) is 27.1 Å². The molecular weight excluding hydrogens is 388 g/mol. The topological polar surface area (TPSA) is 59.3 Å². The largest absolute Gasteiger partial charge is 0.350 e. The van der Waals surface area contributed by atoms with Crippen molar-refractivity contribution in [3.05, 3.63) is 29.2 Å². The van der Waals surface area contributed by atoms with E-state index in [9.17, 15) is 22.4 Å². The second kappa shape index (κ2) is 6.67. The molecule has 0 atom stereocenters. The van der Waals surface area contributed by atoms with Gasteiger partial charge in [-0.3, -0.25) is 4.79 Å². The van der Waals surface area contributed by atoms with E-state index in [1.807, 2.05) is 0 Å². The highest BCUT2D eigenvalue weighted by atomic mass is 19.3. The summed E-state index contributed by atoms with van der Waals surface area (Å²) < 4.78 is 53.3. The Morgan fingerprint density at radius 1 is 1.07 bits per heavy atom. The van der Waals surface area contributed by atoms with Crippen LogP contribution < -0.4 is 5.32 Å². The molecule has 4 aliphatic carbocycles. The van der Waals surface area contributed by atoms with Gasteiger partial charge in [0.15, 0.2) is 11.3 Å². The number of halogens is 4. The molecule has 4 bridgehead atoms. The number of carbonyl (C=O) groups is 1. The van der Waals surface area contributed by atoms with E-state index in [-0.39, 0.29) is 16.8 Å². The standard InChI is InChI=1S/C20H22F4N4O/c21-17(22)13-4-15(18(23)24)28-16(26-13)5-14(27-28)19(29)25-9-20-6-10-1-11(7-20)3-12(2-10)8-20/h4-5,10-12,17-18H,1-3,6-9H2,(H,25,29). The van der Waals surface area contributed by atoms with Gasteiger partial charge >= 0.3 is 0 Å². The maximum absolute atomic E-state index is 13.3. The highest BCUT2D eigenvalue weighted by Gasteiger charge is 2.50. The van der Waals surface area contributed by atoms with E-state index < -0.39 is 30.1 Å². The third-order valence-corrected chi connectivity index (χ3v) is 6.94. The van der Waals surface area contributed by atoms with E-state index in [1.165, 1.54) is 25.3 Å².